The molecule has 1 aliphatic carbocycles. The Labute approximate surface area is 199 Å². The first-order chi connectivity index (χ1) is 16.0. The zero-order chi connectivity index (χ0) is 22.8. The van der Waals surface area contributed by atoms with Crippen molar-refractivity contribution in [3.05, 3.63) is 70.4 Å². The molecule has 2 aliphatic rings. The lowest BCUT2D eigenvalue weighted by atomic mass is 9.82. The van der Waals surface area contributed by atoms with E-state index in [2.05, 4.69) is 55.6 Å². The molecule has 1 fully saturated rings. The summed E-state index contributed by atoms with van der Waals surface area (Å²) in [5, 5.41) is 8.34. The number of hydrogen-bond acceptors (Lipinski definition) is 5. The van der Waals surface area contributed by atoms with Gasteiger partial charge < -0.3 is 10.2 Å². The van der Waals surface area contributed by atoms with Gasteiger partial charge in [-0.25, -0.2) is 14.4 Å². The number of aromatic nitrogens is 4. The number of fused-ring (bicyclic) bond motifs is 1. The summed E-state index contributed by atoms with van der Waals surface area (Å²) in [6, 6.07) is 10.6. The maximum atomic E-state index is 13.7. The average molecular weight is 469 g/mol. The Morgan fingerprint density at radius 1 is 1.15 bits per heavy atom. The van der Waals surface area contributed by atoms with Crippen LogP contribution in [0, 0.1) is 0 Å². The van der Waals surface area contributed by atoms with Crippen LogP contribution >= 0.6 is 11.6 Å². The third-order valence-corrected chi connectivity index (χ3v) is 7.08. The molecule has 8 heteroatoms. The minimum Gasteiger partial charge on any atom is -0.361 e. The number of halogens is 2. The molecule has 5 rings (SSSR count). The van der Waals surface area contributed by atoms with E-state index in [9.17, 15) is 4.39 Å². The molecular weight excluding hydrogens is 439 g/mol. The largest absolute Gasteiger partial charge is 0.361 e. The predicted molar refractivity (Wildman–Crippen MR) is 128 cm³/mol. The summed E-state index contributed by atoms with van der Waals surface area (Å²) in [7, 11) is 1.92. The van der Waals surface area contributed by atoms with Crippen LogP contribution in [-0.2, 0) is 19.9 Å². The Balaban J connectivity index is 1.42. The summed E-state index contributed by atoms with van der Waals surface area (Å²) in [6.07, 6.45) is 7.23. The Kier molecular flexibility index (Phi) is 6.60. The highest BCUT2D eigenvalue weighted by Gasteiger charge is 2.28. The first-order valence-corrected chi connectivity index (χ1v) is 12.1. The van der Waals surface area contributed by atoms with E-state index in [1.165, 1.54) is 5.56 Å². The van der Waals surface area contributed by atoms with Crippen LogP contribution < -0.4 is 5.32 Å². The van der Waals surface area contributed by atoms with Crippen LogP contribution in [-0.4, -0.2) is 50.5 Å². The Morgan fingerprint density at radius 2 is 1.94 bits per heavy atom. The zero-order valence-electron chi connectivity index (χ0n) is 18.9. The molecule has 1 saturated heterocycles. The molecule has 2 atom stereocenters. The van der Waals surface area contributed by atoms with Gasteiger partial charge in [0.25, 0.3) is 0 Å². The topological polar surface area (TPSA) is 58.9 Å². The molecule has 0 radical (unpaired) electrons. The molecule has 1 N–H and O–H groups in total. The lowest BCUT2D eigenvalue weighted by Crippen LogP contribution is -2.39. The van der Waals surface area contributed by atoms with Crippen molar-refractivity contribution in [3.63, 3.8) is 0 Å². The highest BCUT2D eigenvalue weighted by atomic mass is 35.5. The number of nitrogens with one attached hydrogen (secondary N) is 1. The fourth-order valence-corrected chi connectivity index (χ4v) is 5.26. The molecule has 33 heavy (non-hydrogen) atoms. The molecule has 0 amide bonds. The lowest BCUT2D eigenvalue weighted by Gasteiger charge is -2.33. The highest BCUT2D eigenvalue weighted by Crippen LogP contribution is 2.36. The van der Waals surface area contributed by atoms with E-state index >= 15 is 0 Å². The third kappa shape index (κ3) is 5.20. The molecule has 2 aromatic heterocycles. The lowest BCUT2D eigenvalue weighted by molar-refractivity contribution is 0.146. The van der Waals surface area contributed by atoms with Gasteiger partial charge in [-0.15, -0.1) is 0 Å². The first kappa shape index (κ1) is 22.3. The van der Waals surface area contributed by atoms with Gasteiger partial charge in [-0.3, -0.25) is 4.68 Å². The van der Waals surface area contributed by atoms with Crippen LogP contribution in [0.15, 0.2) is 42.7 Å². The number of benzene rings is 1. The number of nitrogens with zero attached hydrogens (tertiary/aromatic N) is 5. The second kappa shape index (κ2) is 9.77. The summed E-state index contributed by atoms with van der Waals surface area (Å²) < 4.78 is 15.5. The van der Waals surface area contributed by atoms with Gasteiger partial charge in [-0.05, 0) is 55.2 Å². The van der Waals surface area contributed by atoms with Crippen molar-refractivity contribution < 1.29 is 4.39 Å². The van der Waals surface area contributed by atoms with Crippen molar-refractivity contribution in [2.24, 2.45) is 7.05 Å². The second-order valence-electron chi connectivity index (χ2n) is 9.24. The summed E-state index contributed by atoms with van der Waals surface area (Å²) in [5.41, 5.74) is 4.62. The van der Waals surface area contributed by atoms with Crippen molar-refractivity contribution in [2.45, 2.75) is 50.2 Å². The minimum absolute atomic E-state index is 0.0259. The molecule has 0 bridgehead atoms. The van der Waals surface area contributed by atoms with E-state index < -0.39 is 6.17 Å². The number of piperidine rings is 1. The van der Waals surface area contributed by atoms with Gasteiger partial charge in [0.05, 0.1) is 17.9 Å². The van der Waals surface area contributed by atoms with Gasteiger partial charge in [0.2, 0.25) is 5.28 Å². The van der Waals surface area contributed by atoms with Crippen LogP contribution in [0.4, 0.5) is 10.2 Å². The van der Waals surface area contributed by atoms with Gasteiger partial charge in [0, 0.05) is 44.0 Å². The molecule has 0 saturated carbocycles. The Hall–Kier alpha value is -2.51. The molecule has 6 nitrogen and oxygen atoms in total. The van der Waals surface area contributed by atoms with Crippen molar-refractivity contribution in [2.75, 3.05) is 25.0 Å². The van der Waals surface area contributed by atoms with E-state index in [1.807, 2.05) is 24.1 Å². The van der Waals surface area contributed by atoms with Crippen molar-refractivity contribution in [1.82, 2.24) is 24.6 Å². The SMILES string of the molecule is Cn1cc([C@H](CN2CCC(F)CC2)Nc2nc(Cl)nc3c2C[C@H](c2ccccc2)CC3)cn1. The minimum atomic E-state index is -0.686. The summed E-state index contributed by atoms with van der Waals surface area (Å²) >= 11 is 6.35. The zero-order valence-corrected chi connectivity index (χ0v) is 19.7. The maximum Gasteiger partial charge on any atom is 0.224 e. The fraction of sp³-hybridized carbons (Fsp3) is 0.480. The predicted octanol–water partition coefficient (Wildman–Crippen LogP) is 4.72. The van der Waals surface area contributed by atoms with E-state index in [4.69, 9.17) is 11.6 Å². The number of hydrogen-bond donors (Lipinski definition) is 1. The quantitative estimate of drug-likeness (QED) is 0.530. The molecule has 1 aliphatic heterocycles. The van der Waals surface area contributed by atoms with Gasteiger partial charge in [0.15, 0.2) is 0 Å². The van der Waals surface area contributed by atoms with Crippen LogP contribution in [0.25, 0.3) is 0 Å². The van der Waals surface area contributed by atoms with Gasteiger partial charge in [-0.2, -0.15) is 5.10 Å². The molecule has 3 heterocycles. The molecular formula is C25H30ClFN6. The highest BCUT2D eigenvalue weighted by molar-refractivity contribution is 6.28. The third-order valence-electron chi connectivity index (χ3n) is 6.91. The van der Waals surface area contributed by atoms with Crippen molar-refractivity contribution in [1.29, 1.82) is 0 Å². The number of anilines is 1. The van der Waals surface area contributed by atoms with Crippen LogP contribution in [0.3, 0.4) is 0 Å². The molecule has 0 unspecified atom stereocenters. The Morgan fingerprint density at radius 3 is 2.67 bits per heavy atom. The van der Waals surface area contributed by atoms with Crippen LogP contribution in [0.2, 0.25) is 5.28 Å². The fourth-order valence-electron chi connectivity index (χ4n) is 5.07. The Bertz CT molecular complexity index is 1080. The normalized spacial score (nSPS) is 20.4. The number of alkyl halides is 1. The van der Waals surface area contributed by atoms with Crippen LogP contribution in [0.5, 0.6) is 0 Å². The molecule has 0 spiro atoms. The number of rotatable bonds is 6. The summed E-state index contributed by atoms with van der Waals surface area (Å²) in [6.45, 7) is 2.29. The second-order valence-corrected chi connectivity index (χ2v) is 9.57. The smallest absolute Gasteiger partial charge is 0.224 e. The van der Waals surface area contributed by atoms with Crippen molar-refractivity contribution in [3.8, 4) is 0 Å². The standard InChI is InChI=1S/C25H30ClFN6/c1-32-15-19(14-28-32)23(16-33-11-9-20(27)10-12-33)29-24-21-13-18(17-5-3-2-4-6-17)7-8-22(21)30-25(26)31-24/h2-6,14-15,18,20,23H,7-13,16H2,1H3,(H,29,30,31)/t18-,23+/m1/s1. The van der Waals surface area contributed by atoms with E-state index in [0.717, 1.165) is 61.5 Å². The van der Waals surface area contributed by atoms with Crippen molar-refractivity contribution >= 4 is 17.4 Å². The summed E-state index contributed by atoms with van der Waals surface area (Å²) in [5.74, 6) is 1.24. The van der Waals surface area contributed by atoms with Gasteiger partial charge >= 0.3 is 0 Å². The summed E-state index contributed by atoms with van der Waals surface area (Å²) in [4.78, 5) is 11.5. The maximum absolute atomic E-state index is 13.7. The molecule has 174 valence electrons. The van der Waals surface area contributed by atoms with E-state index in [-0.39, 0.29) is 11.3 Å². The number of aryl methyl sites for hydroxylation is 2. The van der Waals surface area contributed by atoms with E-state index in [1.54, 1.807) is 0 Å². The monoisotopic (exact) mass is 468 g/mol. The molecule has 3 aromatic rings. The molecule has 1 aromatic carbocycles. The number of likely N-dealkylation sites (tertiary alicyclic amines) is 1. The average Bonchev–Trinajstić information content (AvgIpc) is 3.26. The van der Waals surface area contributed by atoms with Crippen LogP contribution in [0.1, 0.15) is 53.6 Å². The first-order valence-electron chi connectivity index (χ1n) is 11.8. The van der Waals surface area contributed by atoms with Gasteiger partial charge in [0.1, 0.15) is 12.0 Å². The van der Waals surface area contributed by atoms with E-state index in [0.29, 0.717) is 18.8 Å². The van der Waals surface area contributed by atoms with Gasteiger partial charge in [-0.1, -0.05) is 30.3 Å².